The zero-order chi connectivity index (χ0) is 17.5. The number of hydrogen-bond donors (Lipinski definition) is 0. The van der Waals surface area contributed by atoms with Gasteiger partial charge in [0.25, 0.3) is 0 Å². The fourth-order valence-electron chi connectivity index (χ4n) is 2.10. The maximum atomic E-state index is 12.3. The van der Waals surface area contributed by atoms with Gasteiger partial charge in [-0.05, 0) is 58.9 Å². The number of methoxy groups -OCH3 is 1. The summed E-state index contributed by atoms with van der Waals surface area (Å²) in [5, 5.41) is 0. The molecular formula is C18H19BrO4S. The summed E-state index contributed by atoms with van der Waals surface area (Å²) in [4.78, 5) is 13.5. The number of carbonyl (C=O) groups is 1. The van der Waals surface area contributed by atoms with E-state index in [1.807, 2.05) is 37.4 Å². The Morgan fingerprint density at radius 2 is 1.92 bits per heavy atom. The Labute approximate surface area is 154 Å². The van der Waals surface area contributed by atoms with E-state index >= 15 is 0 Å². The third kappa shape index (κ3) is 4.68. The van der Waals surface area contributed by atoms with Crippen LogP contribution in [-0.2, 0) is 11.3 Å². The van der Waals surface area contributed by atoms with E-state index in [0.29, 0.717) is 28.1 Å². The van der Waals surface area contributed by atoms with Crippen molar-refractivity contribution in [2.45, 2.75) is 18.4 Å². The summed E-state index contributed by atoms with van der Waals surface area (Å²) in [5.74, 6) is 0.653. The first-order valence-electron chi connectivity index (χ1n) is 7.39. The number of carbonyl (C=O) groups excluding carboxylic acids is 1. The minimum Gasteiger partial charge on any atom is -0.492 e. The monoisotopic (exact) mass is 410 g/mol. The molecule has 0 radical (unpaired) electrons. The number of esters is 1. The second-order valence-electron chi connectivity index (χ2n) is 4.85. The Bertz CT molecular complexity index is 701. The molecule has 0 aliphatic carbocycles. The molecule has 4 nitrogen and oxygen atoms in total. The van der Waals surface area contributed by atoms with E-state index in [0.717, 1.165) is 5.56 Å². The molecule has 0 heterocycles. The maximum absolute atomic E-state index is 12.3. The lowest BCUT2D eigenvalue weighted by molar-refractivity contribution is 0.0472. The predicted molar refractivity (Wildman–Crippen MR) is 99.2 cm³/mol. The minimum atomic E-state index is -0.409. The number of ether oxygens (including phenoxy) is 3. The fraction of sp³-hybridized carbons (Fsp3) is 0.278. The van der Waals surface area contributed by atoms with Crippen molar-refractivity contribution in [3.05, 3.63) is 52.0 Å². The molecule has 2 rings (SSSR count). The van der Waals surface area contributed by atoms with Crippen LogP contribution in [0.4, 0.5) is 0 Å². The Balaban J connectivity index is 2.11. The third-order valence-corrected chi connectivity index (χ3v) is 4.61. The molecule has 0 aliphatic rings. The lowest BCUT2D eigenvalue weighted by Crippen LogP contribution is -2.07. The molecule has 0 saturated heterocycles. The van der Waals surface area contributed by atoms with Crippen molar-refractivity contribution in [3.63, 3.8) is 0 Å². The largest absolute Gasteiger partial charge is 0.492 e. The first kappa shape index (κ1) is 18.7. The van der Waals surface area contributed by atoms with Crippen LogP contribution in [0.3, 0.4) is 0 Å². The molecule has 24 heavy (non-hydrogen) atoms. The standard InChI is InChI=1S/C18H19BrO4S/c1-4-22-16-10-13(9-15(19)17(16)21-2)18(20)23-11-12-5-7-14(24-3)8-6-12/h5-10H,4,11H2,1-3H3. The highest BCUT2D eigenvalue weighted by Gasteiger charge is 2.16. The van der Waals surface area contributed by atoms with E-state index in [1.54, 1.807) is 31.0 Å². The summed E-state index contributed by atoms with van der Waals surface area (Å²) in [6, 6.07) is 11.2. The van der Waals surface area contributed by atoms with Crippen molar-refractivity contribution in [2.24, 2.45) is 0 Å². The summed E-state index contributed by atoms with van der Waals surface area (Å²) >= 11 is 5.06. The molecule has 6 heteroatoms. The molecule has 0 unspecified atom stereocenters. The van der Waals surface area contributed by atoms with Crippen LogP contribution in [0.1, 0.15) is 22.8 Å². The molecule has 2 aromatic rings. The highest BCUT2D eigenvalue weighted by Crippen LogP contribution is 2.36. The lowest BCUT2D eigenvalue weighted by Gasteiger charge is -2.13. The van der Waals surface area contributed by atoms with Crippen LogP contribution in [0.15, 0.2) is 45.8 Å². The van der Waals surface area contributed by atoms with Gasteiger partial charge in [0, 0.05) is 4.90 Å². The fourth-order valence-corrected chi connectivity index (χ4v) is 3.11. The summed E-state index contributed by atoms with van der Waals surface area (Å²) in [6.07, 6.45) is 2.02. The Morgan fingerprint density at radius 1 is 1.21 bits per heavy atom. The van der Waals surface area contributed by atoms with E-state index in [2.05, 4.69) is 15.9 Å². The van der Waals surface area contributed by atoms with Gasteiger partial charge in [-0.3, -0.25) is 0 Å². The van der Waals surface area contributed by atoms with Crippen LogP contribution in [0, 0.1) is 0 Å². The van der Waals surface area contributed by atoms with Crippen molar-refractivity contribution in [3.8, 4) is 11.5 Å². The summed E-state index contributed by atoms with van der Waals surface area (Å²) in [6.45, 7) is 2.57. The summed E-state index contributed by atoms with van der Waals surface area (Å²) < 4.78 is 16.8. The molecule has 0 atom stereocenters. The number of halogens is 1. The molecule has 0 spiro atoms. The van der Waals surface area contributed by atoms with Crippen molar-refractivity contribution < 1.29 is 19.0 Å². The third-order valence-electron chi connectivity index (χ3n) is 3.28. The average Bonchev–Trinajstić information content (AvgIpc) is 2.60. The van der Waals surface area contributed by atoms with Crippen molar-refractivity contribution >= 4 is 33.7 Å². The van der Waals surface area contributed by atoms with E-state index < -0.39 is 5.97 Å². The SMILES string of the molecule is CCOc1cc(C(=O)OCc2ccc(SC)cc2)cc(Br)c1OC. The van der Waals surface area contributed by atoms with E-state index in [1.165, 1.54) is 4.90 Å². The molecule has 0 fully saturated rings. The molecular weight excluding hydrogens is 392 g/mol. The van der Waals surface area contributed by atoms with Crippen LogP contribution in [-0.4, -0.2) is 25.9 Å². The first-order chi connectivity index (χ1) is 11.6. The molecule has 0 bridgehead atoms. The van der Waals surface area contributed by atoms with Gasteiger partial charge in [0.2, 0.25) is 0 Å². The van der Waals surface area contributed by atoms with Gasteiger partial charge in [0.1, 0.15) is 6.61 Å². The predicted octanol–water partition coefficient (Wildman–Crippen LogP) is 4.94. The van der Waals surface area contributed by atoms with Crippen molar-refractivity contribution in [2.75, 3.05) is 20.0 Å². The number of rotatable bonds is 7. The average molecular weight is 411 g/mol. The van der Waals surface area contributed by atoms with Gasteiger partial charge in [-0.2, -0.15) is 0 Å². The van der Waals surface area contributed by atoms with E-state index in [9.17, 15) is 4.79 Å². The van der Waals surface area contributed by atoms with E-state index in [-0.39, 0.29) is 6.61 Å². The first-order valence-corrected chi connectivity index (χ1v) is 9.41. The van der Waals surface area contributed by atoms with Gasteiger partial charge in [-0.25, -0.2) is 4.79 Å². The maximum Gasteiger partial charge on any atom is 0.338 e. The zero-order valence-electron chi connectivity index (χ0n) is 13.8. The van der Waals surface area contributed by atoms with Crippen LogP contribution in [0.5, 0.6) is 11.5 Å². The Hall–Kier alpha value is -1.66. The van der Waals surface area contributed by atoms with Crippen molar-refractivity contribution in [1.29, 1.82) is 0 Å². The highest BCUT2D eigenvalue weighted by molar-refractivity contribution is 9.10. The minimum absolute atomic E-state index is 0.223. The smallest absolute Gasteiger partial charge is 0.338 e. The van der Waals surface area contributed by atoms with E-state index in [4.69, 9.17) is 14.2 Å². The zero-order valence-corrected chi connectivity index (χ0v) is 16.2. The van der Waals surface area contributed by atoms with Gasteiger partial charge < -0.3 is 14.2 Å². The molecule has 0 saturated carbocycles. The number of benzene rings is 2. The topological polar surface area (TPSA) is 44.8 Å². The molecule has 128 valence electrons. The summed E-state index contributed by atoms with van der Waals surface area (Å²) in [5.41, 5.74) is 1.35. The van der Waals surface area contributed by atoms with Gasteiger partial charge in [0.05, 0.1) is 23.8 Å². The van der Waals surface area contributed by atoms with Crippen LogP contribution >= 0.6 is 27.7 Å². The quantitative estimate of drug-likeness (QED) is 0.477. The highest BCUT2D eigenvalue weighted by atomic mass is 79.9. The molecule has 0 amide bonds. The number of thioether (sulfide) groups is 1. The van der Waals surface area contributed by atoms with Crippen LogP contribution in [0.2, 0.25) is 0 Å². The molecule has 2 aromatic carbocycles. The summed E-state index contributed by atoms with van der Waals surface area (Å²) in [7, 11) is 1.55. The second kappa shape index (κ2) is 8.99. The second-order valence-corrected chi connectivity index (χ2v) is 6.58. The molecule has 0 aliphatic heterocycles. The van der Waals surface area contributed by atoms with Crippen LogP contribution in [0.25, 0.3) is 0 Å². The van der Waals surface area contributed by atoms with Crippen molar-refractivity contribution in [1.82, 2.24) is 0 Å². The molecule has 0 N–H and O–H groups in total. The Morgan fingerprint density at radius 3 is 2.50 bits per heavy atom. The lowest BCUT2D eigenvalue weighted by atomic mass is 10.2. The van der Waals surface area contributed by atoms with Gasteiger partial charge in [0.15, 0.2) is 11.5 Å². The molecule has 0 aromatic heterocycles. The Kier molecular flexibility index (Phi) is 6.99. The van der Waals surface area contributed by atoms with Gasteiger partial charge in [-0.15, -0.1) is 11.8 Å². The van der Waals surface area contributed by atoms with Crippen LogP contribution < -0.4 is 9.47 Å². The number of hydrogen-bond acceptors (Lipinski definition) is 5. The van der Waals surface area contributed by atoms with Gasteiger partial charge >= 0.3 is 5.97 Å². The normalized spacial score (nSPS) is 10.3. The van der Waals surface area contributed by atoms with Gasteiger partial charge in [-0.1, -0.05) is 12.1 Å².